The van der Waals surface area contributed by atoms with Crippen LogP contribution in [0.1, 0.15) is 66.2 Å². The number of allylic oxidation sites excluding steroid dienone is 5. The summed E-state index contributed by atoms with van der Waals surface area (Å²) >= 11 is 0. The largest absolute Gasteiger partial charge is 0.498 e. The minimum Gasteiger partial charge on any atom is -0.498 e. The molecule has 0 spiro atoms. The molecule has 0 unspecified atom stereocenters. The van der Waals surface area contributed by atoms with Crippen LogP contribution in [0.2, 0.25) is 0 Å². The molecule has 0 amide bonds. The SMILES string of the molecule is C=C/C(=C\C=C(/C)OCCCCCC)C(C)(C)CCN1CC[C@H](N=O)C1. The van der Waals surface area contributed by atoms with E-state index in [9.17, 15) is 4.91 Å². The van der Waals surface area contributed by atoms with E-state index in [-0.39, 0.29) is 11.5 Å². The second kappa shape index (κ2) is 12.1. The Kier molecular flexibility index (Phi) is 10.5. The quantitative estimate of drug-likeness (QED) is 0.178. The summed E-state index contributed by atoms with van der Waals surface area (Å²) in [6.07, 6.45) is 12.9. The van der Waals surface area contributed by atoms with Crippen molar-refractivity contribution < 1.29 is 4.74 Å². The van der Waals surface area contributed by atoms with E-state index in [1.165, 1.54) is 24.8 Å². The lowest BCUT2D eigenvalue weighted by Gasteiger charge is -2.28. The second-order valence-corrected chi connectivity index (χ2v) is 7.99. The van der Waals surface area contributed by atoms with Gasteiger partial charge in [0.2, 0.25) is 0 Å². The predicted molar refractivity (Wildman–Crippen MR) is 111 cm³/mol. The summed E-state index contributed by atoms with van der Waals surface area (Å²) in [4.78, 5) is 13.0. The first-order chi connectivity index (χ1) is 12.4. The van der Waals surface area contributed by atoms with Gasteiger partial charge in [-0.1, -0.05) is 63.9 Å². The molecule has 4 nitrogen and oxygen atoms in total. The third-order valence-electron chi connectivity index (χ3n) is 5.28. The van der Waals surface area contributed by atoms with Gasteiger partial charge in [-0.3, -0.25) is 0 Å². The maximum absolute atomic E-state index is 10.7. The van der Waals surface area contributed by atoms with E-state index in [0.29, 0.717) is 0 Å². The molecule has 0 radical (unpaired) electrons. The molecule has 1 rings (SSSR count). The molecule has 4 heteroatoms. The van der Waals surface area contributed by atoms with Crippen molar-refractivity contribution in [2.24, 2.45) is 10.6 Å². The number of hydrogen-bond donors (Lipinski definition) is 0. The summed E-state index contributed by atoms with van der Waals surface area (Å²) in [6.45, 7) is 16.3. The van der Waals surface area contributed by atoms with Crippen molar-refractivity contribution >= 4 is 0 Å². The number of unbranched alkanes of at least 4 members (excludes halogenated alkanes) is 3. The molecule has 0 aromatic rings. The molecule has 1 aliphatic heterocycles. The van der Waals surface area contributed by atoms with Crippen LogP contribution in [0.5, 0.6) is 0 Å². The number of rotatable bonds is 13. The van der Waals surface area contributed by atoms with E-state index in [1.54, 1.807) is 0 Å². The zero-order valence-corrected chi connectivity index (χ0v) is 17.3. The highest BCUT2D eigenvalue weighted by Crippen LogP contribution is 2.32. The summed E-state index contributed by atoms with van der Waals surface area (Å²) in [5.74, 6) is 0.955. The average Bonchev–Trinajstić information content (AvgIpc) is 3.08. The van der Waals surface area contributed by atoms with Gasteiger partial charge in [0.15, 0.2) is 0 Å². The van der Waals surface area contributed by atoms with Gasteiger partial charge in [0.25, 0.3) is 0 Å². The van der Waals surface area contributed by atoms with Gasteiger partial charge >= 0.3 is 0 Å². The van der Waals surface area contributed by atoms with Crippen LogP contribution in [-0.2, 0) is 4.74 Å². The first kappa shape index (κ1) is 22.6. The van der Waals surface area contributed by atoms with Gasteiger partial charge in [-0.15, -0.1) is 0 Å². The molecular weight excluding hydrogens is 324 g/mol. The Morgan fingerprint density at radius 2 is 2.08 bits per heavy atom. The van der Waals surface area contributed by atoms with Gasteiger partial charge in [-0.2, -0.15) is 4.91 Å². The van der Waals surface area contributed by atoms with E-state index in [1.807, 2.05) is 13.0 Å². The summed E-state index contributed by atoms with van der Waals surface area (Å²) < 4.78 is 5.80. The zero-order valence-electron chi connectivity index (χ0n) is 17.3. The van der Waals surface area contributed by atoms with Crippen molar-refractivity contribution in [3.05, 3.63) is 41.0 Å². The predicted octanol–water partition coefficient (Wildman–Crippen LogP) is 5.86. The number of nitroso groups, excluding NO2 is 1. The summed E-state index contributed by atoms with van der Waals surface area (Å²) in [7, 11) is 0. The van der Waals surface area contributed by atoms with Crippen molar-refractivity contribution in [2.75, 3.05) is 26.2 Å². The molecule has 1 atom stereocenters. The van der Waals surface area contributed by atoms with Crippen LogP contribution in [0.4, 0.5) is 0 Å². The molecule has 1 heterocycles. The van der Waals surface area contributed by atoms with Crippen molar-refractivity contribution in [3.8, 4) is 0 Å². The van der Waals surface area contributed by atoms with Crippen LogP contribution in [0.3, 0.4) is 0 Å². The maximum atomic E-state index is 10.7. The third kappa shape index (κ3) is 8.31. The van der Waals surface area contributed by atoms with E-state index in [2.05, 4.69) is 49.6 Å². The number of ether oxygens (including phenoxy) is 1. The highest BCUT2D eigenvalue weighted by atomic mass is 16.5. The van der Waals surface area contributed by atoms with Crippen LogP contribution in [-0.4, -0.2) is 37.2 Å². The molecule has 0 N–H and O–H groups in total. The van der Waals surface area contributed by atoms with Crippen molar-refractivity contribution in [1.29, 1.82) is 0 Å². The van der Waals surface area contributed by atoms with Gasteiger partial charge in [0.05, 0.1) is 12.4 Å². The molecule has 0 aromatic heterocycles. The fraction of sp³-hybridized carbons (Fsp3) is 0.727. The van der Waals surface area contributed by atoms with E-state index in [0.717, 1.165) is 51.3 Å². The fourth-order valence-electron chi connectivity index (χ4n) is 3.27. The number of hydrogen-bond acceptors (Lipinski definition) is 4. The summed E-state index contributed by atoms with van der Waals surface area (Å²) in [6, 6.07) is -0.0208. The highest BCUT2D eigenvalue weighted by molar-refractivity contribution is 5.28. The number of likely N-dealkylation sites (tertiary alicyclic amines) is 1. The highest BCUT2D eigenvalue weighted by Gasteiger charge is 2.26. The van der Waals surface area contributed by atoms with Crippen molar-refractivity contribution in [3.63, 3.8) is 0 Å². The molecule has 0 aliphatic carbocycles. The Bertz CT molecular complexity index is 494. The Balaban J connectivity index is 2.49. The van der Waals surface area contributed by atoms with Crippen LogP contribution in [0.25, 0.3) is 0 Å². The number of nitrogens with zero attached hydrogens (tertiary/aromatic N) is 2. The minimum absolute atomic E-state index is 0.0208. The summed E-state index contributed by atoms with van der Waals surface area (Å²) in [5.41, 5.74) is 1.25. The van der Waals surface area contributed by atoms with Crippen molar-refractivity contribution in [2.45, 2.75) is 72.3 Å². The van der Waals surface area contributed by atoms with Crippen LogP contribution in [0, 0.1) is 10.3 Å². The smallest absolute Gasteiger partial charge is 0.106 e. The van der Waals surface area contributed by atoms with Gasteiger partial charge in [0.1, 0.15) is 6.04 Å². The van der Waals surface area contributed by atoms with E-state index >= 15 is 0 Å². The average molecular weight is 363 g/mol. The lowest BCUT2D eigenvalue weighted by Crippen LogP contribution is -2.27. The Morgan fingerprint density at radius 1 is 1.31 bits per heavy atom. The Hall–Kier alpha value is -1.42. The molecule has 26 heavy (non-hydrogen) atoms. The third-order valence-corrected chi connectivity index (χ3v) is 5.28. The van der Waals surface area contributed by atoms with Crippen LogP contribution >= 0.6 is 0 Å². The van der Waals surface area contributed by atoms with Gasteiger partial charge in [-0.25, -0.2) is 0 Å². The molecule has 1 saturated heterocycles. The standard InChI is InChI=1S/C22H38N2O2/c1-6-8-9-10-17-26-19(3)11-12-20(7-2)22(4,5)14-16-24-15-13-21(18-24)23-25/h7,11-12,21H,2,6,8-10,13-18H2,1,3-5H3/b19-11+,20-12+/t21-/m0/s1. The molecule has 0 bridgehead atoms. The lowest BCUT2D eigenvalue weighted by molar-refractivity contribution is 0.207. The molecule has 1 aliphatic rings. The van der Waals surface area contributed by atoms with Gasteiger partial charge < -0.3 is 9.64 Å². The molecule has 0 aromatic carbocycles. The first-order valence-corrected chi connectivity index (χ1v) is 10.1. The van der Waals surface area contributed by atoms with Crippen molar-refractivity contribution in [1.82, 2.24) is 4.90 Å². The topological polar surface area (TPSA) is 41.9 Å². The molecular formula is C22H38N2O2. The second-order valence-electron chi connectivity index (χ2n) is 7.99. The fourth-order valence-corrected chi connectivity index (χ4v) is 3.27. The Labute approximate surface area is 160 Å². The lowest BCUT2D eigenvalue weighted by atomic mass is 9.80. The zero-order chi connectivity index (χ0) is 19.4. The summed E-state index contributed by atoms with van der Waals surface area (Å²) in [5, 5.41) is 3.18. The van der Waals surface area contributed by atoms with Crippen LogP contribution < -0.4 is 0 Å². The van der Waals surface area contributed by atoms with Gasteiger partial charge in [-0.05, 0) is 49.8 Å². The van der Waals surface area contributed by atoms with E-state index < -0.39 is 0 Å². The molecule has 0 saturated carbocycles. The van der Waals surface area contributed by atoms with Crippen LogP contribution in [0.15, 0.2) is 41.3 Å². The molecule has 1 fully saturated rings. The monoisotopic (exact) mass is 362 g/mol. The van der Waals surface area contributed by atoms with E-state index in [4.69, 9.17) is 4.74 Å². The van der Waals surface area contributed by atoms with Gasteiger partial charge in [0, 0.05) is 13.1 Å². The first-order valence-electron chi connectivity index (χ1n) is 10.1. The maximum Gasteiger partial charge on any atom is 0.106 e. The minimum atomic E-state index is -0.0208. The molecule has 148 valence electrons. The normalized spacial score (nSPS) is 19.6. The Morgan fingerprint density at radius 3 is 2.69 bits per heavy atom.